The van der Waals surface area contributed by atoms with E-state index in [1.165, 1.54) is 24.3 Å². The van der Waals surface area contributed by atoms with Gasteiger partial charge in [-0.3, -0.25) is 4.79 Å². The molecule has 0 aliphatic rings. The molecule has 0 bridgehead atoms. The van der Waals surface area contributed by atoms with Gasteiger partial charge in [-0.25, -0.2) is 9.37 Å². The summed E-state index contributed by atoms with van der Waals surface area (Å²) < 4.78 is 17.9. The van der Waals surface area contributed by atoms with E-state index in [4.69, 9.17) is 4.74 Å². The van der Waals surface area contributed by atoms with Crippen LogP contribution in [-0.4, -0.2) is 17.5 Å². The summed E-state index contributed by atoms with van der Waals surface area (Å²) in [6, 6.07) is 5.54. The minimum absolute atomic E-state index is 0.102. The molecule has 0 atom stereocenters. The molecule has 0 fully saturated rings. The molecule has 0 saturated carbocycles. The highest BCUT2D eigenvalue weighted by Crippen LogP contribution is 2.16. The van der Waals surface area contributed by atoms with Crippen LogP contribution in [0.5, 0.6) is 5.75 Å². The molecule has 0 saturated heterocycles. The Labute approximate surface area is 120 Å². The highest BCUT2D eigenvalue weighted by atomic mass is 32.1. The van der Waals surface area contributed by atoms with Gasteiger partial charge in [0.15, 0.2) is 6.61 Å². The van der Waals surface area contributed by atoms with Crippen LogP contribution in [0.15, 0.2) is 24.3 Å². The van der Waals surface area contributed by atoms with E-state index in [1.54, 1.807) is 11.3 Å². The van der Waals surface area contributed by atoms with E-state index >= 15 is 0 Å². The predicted octanol–water partition coefficient (Wildman–Crippen LogP) is 2.59. The third-order valence-electron chi connectivity index (χ3n) is 2.69. The maximum atomic E-state index is 12.7. The Morgan fingerprint density at radius 3 is 2.65 bits per heavy atom. The van der Waals surface area contributed by atoms with Gasteiger partial charge in [0, 0.05) is 4.88 Å². The van der Waals surface area contributed by atoms with E-state index in [0.717, 1.165) is 15.6 Å². The van der Waals surface area contributed by atoms with Crippen LogP contribution in [0, 0.1) is 19.7 Å². The smallest absolute Gasteiger partial charge is 0.258 e. The quantitative estimate of drug-likeness (QED) is 0.922. The molecular weight excluding hydrogens is 279 g/mol. The number of aromatic nitrogens is 1. The van der Waals surface area contributed by atoms with Gasteiger partial charge in [0.1, 0.15) is 16.6 Å². The van der Waals surface area contributed by atoms with Crippen LogP contribution in [-0.2, 0) is 11.3 Å². The Bertz CT molecular complexity index is 576. The van der Waals surface area contributed by atoms with E-state index in [0.29, 0.717) is 12.3 Å². The number of benzene rings is 1. The first-order valence-electron chi connectivity index (χ1n) is 6.12. The van der Waals surface area contributed by atoms with Gasteiger partial charge in [-0.1, -0.05) is 0 Å². The second-order valence-corrected chi connectivity index (χ2v) is 5.56. The second-order valence-electron chi connectivity index (χ2n) is 4.27. The normalized spacial score (nSPS) is 10.3. The van der Waals surface area contributed by atoms with Crippen molar-refractivity contribution in [3.05, 3.63) is 45.7 Å². The zero-order chi connectivity index (χ0) is 14.5. The molecule has 1 aromatic heterocycles. The zero-order valence-electron chi connectivity index (χ0n) is 11.3. The van der Waals surface area contributed by atoms with Gasteiger partial charge in [-0.2, -0.15) is 0 Å². The van der Waals surface area contributed by atoms with Crippen LogP contribution >= 0.6 is 11.3 Å². The Morgan fingerprint density at radius 2 is 2.05 bits per heavy atom. The molecule has 2 aromatic rings. The van der Waals surface area contributed by atoms with Gasteiger partial charge < -0.3 is 10.1 Å². The van der Waals surface area contributed by atoms with Crippen molar-refractivity contribution in [1.29, 1.82) is 0 Å². The fourth-order valence-electron chi connectivity index (χ4n) is 1.52. The van der Waals surface area contributed by atoms with Crippen LogP contribution in [0.4, 0.5) is 4.39 Å². The number of carbonyl (C=O) groups excluding carboxylic acids is 1. The first-order valence-corrected chi connectivity index (χ1v) is 6.94. The largest absolute Gasteiger partial charge is 0.484 e. The monoisotopic (exact) mass is 294 g/mol. The van der Waals surface area contributed by atoms with Crippen molar-refractivity contribution >= 4 is 17.2 Å². The number of hydrogen-bond acceptors (Lipinski definition) is 4. The number of rotatable bonds is 5. The molecule has 1 N–H and O–H groups in total. The van der Waals surface area contributed by atoms with Crippen LogP contribution in [0.3, 0.4) is 0 Å². The molecule has 2 rings (SSSR count). The van der Waals surface area contributed by atoms with Crippen molar-refractivity contribution in [2.45, 2.75) is 20.4 Å². The third kappa shape index (κ3) is 4.03. The van der Waals surface area contributed by atoms with Gasteiger partial charge in [-0.15, -0.1) is 11.3 Å². The maximum absolute atomic E-state index is 12.7. The minimum atomic E-state index is -0.337. The lowest BCUT2D eigenvalue weighted by atomic mass is 10.3. The van der Waals surface area contributed by atoms with Crippen LogP contribution < -0.4 is 10.1 Å². The Balaban J connectivity index is 1.76. The van der Waals surface area contributed by atoms with Gasteiger partial charge >= 0.3 is 0 Å². The van der Waals surface area contributed by atoms with E-state index < -0.39 is 0 Å². The molecular formula is C14H15FN2O2S. The van der Waals surface area contributed by atoms with E-state index in [2.05, 4.69) is 10.3 Å². The number of carbonyl (C=O) groups is 1. The molecule has 0 radical (unpaired) electrons. The average molecular weight is 294 g/mol. The molecule has 6 heteroatoms. The number of halogens is 1. The van der Waals surface area contributed by atoms with E-state index in [9.17, 15) is 9.18 Å². The summed E-state index contributed by atoms with van der Waals surface area (Å²) in [4.78, 5) is 17.1. The highest BCUT2D eigenvalue weighted by molar-refractivity contribution is 7.11. The molecule has 4 nitrogen and oxygen atoms in total. The molecule has 106 valence electrons. The van der Waals surface area contributed by atoms with Crippen molar-refractivity contribution in [2.24, 2.45) is 0 Å². The Kier molecular flexibility index (Phi) is 4.68. The molecule has 1 heterocycles. The Hall–Kier alpha value is -1.95. The minimum Gasteiger partial charge on any atom is -0.484 e. The summed E-state index contributed by atoms with van der Waals surface area (Å²) in [7, 11) is 0. The first kappa shape index (κ1) is 14.5. The lowest BCUT2D eigenvalue weighted by Gasteiger charge is -2.06. The lowest BCUT2D eigenvalue weighted by molar-refractivity contribution is -0.123. The fraction of sp³-hybridized carbons (Fsp3) is 0.286. The summed E-state index contributed by atoms with van der Waals surface area (Å²) in [5.74, 6) is -0.112. The van der Waals surface area contributed by atoms with Gasteiger partial charge in [-0.05, 0) is 38.1 Å². The number of nitrogens with zero attached hydrogens (tertiary/aromatic N) is 1. The topological polar surface area (TPSA) is 51.2 Å². The van der Waals surface area contributed by atoms with Gasteiger partial charge in [0.05, 0.1) is 12.2 Å². The number of hydrogen-bond donors (Lipinski definition) is 1. The molecule has 0 aliphatic heterocycles. The lowest BCUT2D eigenvalue weighted by Crippen LogP contribution is -2.28. The summed E-state index contributed by atoms with van der Waals surface area (Å²) >= 11 is 1.56. The van der Waals surface area contributed by atoms with Gasteiger partial charge in [0.2, 0.25) is 0 Å². The summed E-state index contributed by atoms with van der Waals surface area (Å²) in [5.41, 5.74) is 0.988. The molecule has 0 aliphatic carbocycles. The number of thiazole rings is 1. The van der Waals surface area contributed by atoms with Crippen molar-refractivity contribution in [1.82, 2.24) is 10.3 Å². The average Bonchev–Trinajstić information content (AvgIpc) is 2.75. The first-order chi connectivity index (χ1) is 9.54. The molecule has 0 unspecified atom stereocenters. The van der Waals surface area contributed by atoms with Crippen molar-refractivity contribution in [3.8, 4) is 5.75 Å². The van der Waals surface area contributed by atoms with Crippen LogP contribution in [0.1, 0.15) is 15.6 Å². The van der Waals surface area contributed by atoms with Crippen LogP contribution in [0.25, 0.3) is 0 Å². The summed E-state index contributed by atoms with van der Waals surface area (Å²) in [5, 5.41) is 3.60. The zero-order valence-corrected chi connectivity index (χ0v) is 12.1. The standard InChI is InChI=1S/C14H15FN2O2S/c1-9-10(2)20-14(17-9)7-16-13(18)8-19-12-5-3-11(15)4-6-12/h3-6H,7-8H2,1-2H3,(H,16,18). The SMILES string of the molecule is Cc1nc(CNC(=O)COc2ccc(F)cc2)sc1C. The number of aryl methyl sites for hydroxylation is 2. The predicted molar refractivity (Wildman–Crippen MR) is 75.3 cm³/mol. The molecule has 1 amide bonds. The molecule has 1 aromatic carbocycles. The van der Waals surface area contributed by atoms with Crippen molar-refractivity contribution < 1.29 is 13.9 Å². The molecule has 0 spiro atoms. The second kappa shape index (κ2) is 6.47. The maximum Gasteiger partial charge on any atom is 0.258 e. The summed E-state index contributed by atoms with van der Waals surface area (Å²) in [6.07, 6.45) is 0. The van der Waals surface area contributed by atoms with Crippen LogP contribution in [0.2, 0.25) is 0 Å². The fourth-order valence-corrected chi connectivity index (χ4v) is 2.39. The van der Waals surface area contributed by atoms with Crippen molar-refractivity contribution in [2.75, 3.05) is 6.61 Å². The highest BCUT2D eigenvalue weighted by Gasteiger charge is 2.06. The summed E-state index contributed by atoms with van der Waals surface area (Å²) in [6.45, 7) is 4.23. The Morgan fingerprint density at radius 1 is 1.35 bits per heavy atom. The number of ether oxygens (including phenoxy) is 1. The van der Waals surface area contributed by atoms with Crippen molar-refractivity contribution in [3.63, 3.8) is 0 Å². The number of nitrogens with one attached hydrogen (secondary N) is 1. The third-order valence-corrected chi connectivity index (χ3v) is 3.77. The number of amides is 1. The van der Waals surface area contributed by atoms with Gasteiger partial charge in [0.25, 0.3) is 5.91 Å². The molecule has 20 heavy (non-hydrogen) atoms. The van der Waals surface area contributed by atoms with E-state index in [1.807, 2.05) is 13.8 Å². The van der Waals surface area contributed by atoms with E-state index in [-0.39, 0.29) is 18.3 Å².